The van der Waals surface area contributed by atoms with E-state index >= 15 is 0 Å². The molecule has 0 aliphatic rings. The molecule has 0 N–H and O–H groups in total. The summed E-state index contributed by atoms with van der Waals surface area (Å²) >= 11 is 0. The van der Waals surface area contributed by atoms with E-state index in [0.717, 1.165) is 0 Å². The van der Waals surface area contributed by atoms with Crippen LogP contribution in [0.1, 0.15) is 5.56 Å². The summed E-state index contributed by atoms with van der Waals surface area (Å²) in [5.74, 6) is 0. The van der Waals surface area contributed by atoms with Crippen molar-refractivity contribution in [3.05, 3.63) is 35.9 Å². The zero-order valence-corrected chi connectivity index (χ0v) is 7.34. The van der Waals surface area contributed by atoms with Gasteiger partial charge < -0.3 is 0 Å². The van der Waals surface area contributed by atoms with Crippen LogP contribution in [0.5, 0.6) is 0 Å². The van der Waals surface area contributed by atoms with Crippen LogP contribution in [0.25, 0.3) is 0 Å². The second kappa shape index (κ2) is 4.44. The van der Waals surface area contributed by atoms with E-state index in [0.29, 0.717) is 0 Å². The SMILES string of the molecule is Cc1[c-]cccc1.[Sm]. The Morgan fingerprint density at radius 2 is 2.12 bits per heavy atom. The van der Waals surface area contributed by atoms with E-state index < -0.39 is 0 Å². The molecule has 0 saturated heterocycles. The van der Waals surface area contributed by atoms with Crippen LogP contribution in [0, 0.1) is 53.4 Å². The summed E-state index contributed by atoms with van der Waals surface area (Å²) in [5, 5.41) is 0. The molecule has 0 nitrogen and oxygen atoms in total. The maximum Gasteiger partial charge on any atom is 0 e. The second-order valence-electron chi connectivity index (χ2n) is 1.55. The molecule has 0 amide bonds. The Labute approximate surface area is 82.4 Å². The van der Waals surface area contributed by atoms with E-state index in [2.05, 4.69) is 6.07 Å². The van der Waals surface area contributed by atoms with Crippen LogP contribution in [-0.4, -0.2) is 0 Å². The minimum atomic E-state index is 0. The summed E-state index contributed by atoms with van der Waals surface area (Å²) in [6.45, 7) is 2.03. The molecule has 0 heterocycles. The summed E-state index contributed by atoms with van der Waals surface area (Å²) in [6, 6.07) is 10.9. The molecule has 0 atom stereocenters. The van der Waals surface area contributed by atoms with Gasteiger partial charge in [-0.2, -0.15) is 35.9 Å². The molecule has 0 unspecified atom stereocenters. The molecule has 0 aliphatic heterocycles. The Morgan fingerprint density at radius 3 is 2.38 bits per heavy atom. The van der Waals surface area contributed by atoms with E-state index in [1.807, 2.05) is 31.2 Å². The monoisotopic (exact) mass is 243 g/mol. The van der Waals surface area contributed by atoms with Crippen molar-refractivity contribution in [3.8, 4) is 0 Å². The van der Waals surface area contributed by atoms with Gasteiger partial charge in [0.1, 0.15) is 0 Å². The Hall–Kier alpha value is 0.558. The van der Waals surface area contributed by atoms with Crippen LogP contribution in [0.2, 0.25) is 0 Å². The summed E-state index contributed by atoms with van der Waals surface area (Å²) in [4.78, 5) is 0. The molecular formula is C7H7Sm-. The van der Waals surface area contributed by atoms with Crippen molar-refractivity contribution < 1.29 is 40.4 Å². The van der Waals surface area contributed by atoms with E-state index in [9.17, 15) is 0 Å². The van der Waals surface area contributed by atoms with Crippen molar-refractivity contribution in [2.75, 3.05) is 0 Å². The molecule has 8 heavy (non-hydrogen) atoms. The molecule has 0 spiro atoms. The number of benzene rings is 1. The topological polar surface area (TPSA) is 0 Å². The maximum absolute atomic E-state index is 3.03. The number of hydrogen-bond donors (Lipinski definition) is 0. The molecule has 0 aromatic heterocycles. The minimum absolute atomic E-state index is 0. The maximum atomic E-state index is 3.03. The van der Waals surface area contributed by atoms with Gasteiger partial charge in [-0.25, -0.2) is 0 Å². The zero-order valence-electron chi connectivity index (χ0n) is 4.72. The van der Waals surface area contributed by atoms with Gasteiger partial charge in [0, 0.05) is 40.4 Å². The quantitative estimate of drug-likeness (QED) is 0.608. The van der Waals surface area contributed by atoms with Crippen LogP contribution in [0.15, 0.2) is 24.3 Å². The number of rotatable bonds is 0. The third kappa shape index (κ3) is 2.77. The van der Waals surface area contributed by atoms with Crippen molar-refractivity contribution in [2.24, 2.45) is 0 Å². The van der Waals surface area contributed by atoms with Gasteiger partial charge in [-0.05, 0) is 0 Å². The molecule has 0 radical (unpaired) electrons. The molecule has 0 fully saturated rings. The van der Waals surface area contributed by atoms with E-state index in [4.69, 9.17) is 0 Å². The summed E-state index contributed by atoms with van der Waals surface area (Å²) in [7, 11) is 0. The largest absolute Gasteiger partial charge is 0.181 e. The van der Waals surface area contributed by atoms with Crippen LogP contribution in [-0.2, 0) is 0 Å². The Morgan fingerprint density at radius 1 is 1.38 bits per heavy atom. The van der Waals surface area contributed by atoms with Gasteiger partial charge in [0.15, 0.2) is 0 Å². The minimum Gasteiger partial charge on any atom is -0.181 e. The average molecular weight is 241 g/mol. The first-order chi connectivity index (χ1) is 3.39. The summed E-state index contributed by atoms with van der Waals surface area (Å²) < 4.78 is 0. The Kier molecular flexibility index (Phi) is 4.75. The first-order valence-corrected chi connectivity index (χ1v) is 2.33. The first kappa shape index (κ1) is 8.56. The van der Waals surface area contributed by atoms with Crippen molar-refractivity contribution in [3.63, 3.8) is 0 Å². The van der Waals surface area contributed by atoms with Crippen LogP contribution in [0.4, 0.5) is 0 Å². The van der Waals surface area contributed by atoms with Gasteiger partial charge in [-0.15, -0.1) is 0 Å². The van der Waals surface area contributed by atoms with Gasteiger partial charge in [0.05, 0.1) is 0 Å². The third-order valence-electron chi connectivity index (χ3n) is 0.865. The molecule has 1 aromatic rings. The summed E-state index contributed by atoms with van der Waals surface area (Å²) in [6.07, 6.45) is 0. The van der Waals surface area contributed by atoms with Crippen LogP contribution in [0.3, 0.4) is 0 Å². The second-order valence-corrected chi connectivity index (χ2v) is 1.55. The normalized spacial score (nSPS) is 7.62. The smallest absolute Gasteiger partial charge is 0 e. The van der Waals surface area contributed by atoms with Gasteiger partial charge >= 0.3 is 0 Å². The zero-order chi connectivity index (χ0) is 5.11. The summed E-state index contributed by atoms with van der Waals surface area (Å²) in [5.41, 5.74) is 1.20. The van der Waals surface area contributed by atoms with Crippen molar-refractivity contribution >= 4 is 0 Å². The first-order valence-electron chi connectivity index (χ1n) is 2.33. The molecular weight excluding hydrogens is 234 g/mol. The predicted molar refractivity (Wildman–Crippen MR) is 30.0 cm³/mol. The van der Waals surface area contributed by atoms with E-state index in [1.165, 1.54) is 5.56 Å². The fraction of sp³-hybridized carbons (Fsp3) is 0.143. The molecule has 0 bridgehead atoms. The van der Waals surface area contributed by atoms with E-state index in [1.54, 1.807) is 0 Å². The van der Waals surface area contributed by atoms with Gasteiger partial charge in [0.25, 0.3) is 0 Å². The van der Waals surface area contributed by atoms with Gasteiger partial charge in [0.2, 0.25) is 0 Å². The third-order valence-corrected chi connectivity index (χ3v) is 0.865. The molecule has 0 aliphatic carbocycles. The predicted octanol–water partition coefficient (Wildman–Crippen LogP) is 1.80. The fourth-order valence-corrected chi connectivity index (χ4v) is 0.483. The molecule has 1 aromatic carbocycles. The van der Waals surface area contributed by atoms with Crippen molar-refractivity contribution in [2.45, 2.75) is 6.92 Å². The Balaban J connectivity index is 0.000000490. The van der Waals surface area contributed by atoms with E-state index in [-0.39, 0.29) is 40.4 Å². The van der Waals surface area contributed by atoms with Crippen LogP contribution >= 0.6 is 0 Å². The average Bonchev–Trinajstić information content (AvgIpc) is 1.69. The fourth-order valence-electron chi connectivity index (χ4n) is 0.483. The van der Waals surface area contributed by atoms with Crippen LogP contribution < -0.4 is 0 Å². The van der Waals surface area contributed by atoms with Crippen molar-refractivity contribution in [1.82, 2.24) is 0 Å². The molecule has 0 saturated carbocycles. The standard InChI is InChI=1S/C7H7.Sm/c1-7-5-3-2-4-6-7;/h2-5H,1H3;/q-1;. The van der Waals surface area contributed by atoms with Gasteiger partial charge in [-0.1, -0.05) is 6.92 Å². The van der Waals surface area contributed by atoms with Gasteiger partial charge in [-0.3, -0.25) is 0 Å². The Bertz CT molecular complexity index is 134. The number of aryl methyl sites for hydroxylation is 1. The number of hydrogen-bond acceptors (Lipinski definition) is 0. The molecule has 1 heteroatoms. The van der Waals surface area contributed by atoms with Crippen molar-refractivity contribution in [1.29, 1.82) is 0 Å². The molecule has 1 rings (SSSR count). The molecule has 42 valence electrons.